The van der Waals surface area contributed by atoms with Crippen molar-refractivity contribution in [1.82, 2.24) is 4.90 Å². The van der Waals surface area contributed by atoms with Gasteiger partial charge in [-0.25, -0.2) is 4.99 Å². The second kappa shape index (κ2) is 18.4. The lowest BCUT2D eigenvalue weighted by atomic mass is 9.75. The van der Waals surface area contributed by atoms with E-state index in [1.807, 2.05) is 71.8 Å². The summed E-state index contributed by atoms with van der Waals surface area (Å²) < 4.78 is 38.7. The molecule has 0 spiro atoms. The molecule has 14 heteroatoms. The molecule has 55 heavy (non-hydrogen) atoms. The first-order valence-electron chi connectivity index (χ1n) is 19.9. The molecule has 0 radical (unpaired) electrons. The number of carbonyl (C=O) groups excluding carboxylic acids is 2. The number of esters is 1. The van der Waals surface area contributed by atoms with Crippen LogP contribution in [0, 0.1) is 17.8 Å². The van der Waals surface area contributed by atoms with Gasteiger partial charge in [-0.3, -0.25) is 9.59 Å². The van der Waals surface area contributed by atoms with E-state index in [0.29, 0.717) is 25.2 Å². The molecule has 4 heterocycles. The van der Waals surface area contributed by atoms with Gasteiger partial charge in [0.05, 0.1) is 43.0 Å². The van der Waals surface area contributed by atoms with Crippen LogP contribution in [0.15, 0.2) is 40.5 Å². The molecule has 1 aromatic carbocycles. The van der Waals surface area contributed by atoms with E-state index in [1.54, 1.807) is 13.8 Å². The highest BCUT2D eigenvalue weighted by Crippen LogP contribution is 2.41. The fraction of sp³-hybridized carbons (Fsp3) is 0.756. The van der Waals surface area contributed by atoms with E-state index in [2.05, 4.69) is 22.3 Å². The number of nitrogens with zero attached hydrogens (tertiary/aromatic N) is 3. The number of hydrogen-bond donors (Lipinski definition) is 2. The molecule has 0 amide bonds. The summed E-state index contributed by atoms with van der Waals surface area (Å²) >= 11 is 0. The van der Waals surface area contributed by atoms with Crippen molar-refractivity contribution in [1.29, 1.82) is 0 Å². The molecule has 0 aliphatic carbocycles. The van der Waals surface area contributed by atoms with Crippen molar-refractivity contribution in [2.45, 2.75) is 147 Å². The van der Waals surface area contributed by atoms with Crippen molar-refractivity contribution in [2.24, 2.45) is 33.6 Å². The van der Waals surface area contributed by atoms with Gasteiger partial charge in [0, 0.05) is 24.3 Å². The molecule has 4 aliphatic rings. The Bertz CT molecular complexity index is 1510. The zero-order valence-corrected chi connectivity index (χ0v) is 34.1. The molecule has 0 aromatic heterocycles. The summed E-state index contributed by atoms with van der Waals surface area (Å²) in [6, 6.07) is 9.20. The summed E-state index contributed by atoms with van der Waals surface area (Å²) in [6.45, 7) is 13.4. The number of Topliss-reactive ketones (excluding diaryl/α,β-unsaturated/α-hetero) is 1. The van der Waals surface area contributed by atoms with E-state index in [1.165, 1.54) is 5.56 Å². The average molecular weight is 773 g/mol. The van der Waals surface area contributed by atoms with E-state index in [-0.39, 0.29) is 50.0 Å². The van der Waals surface area contributed by atoms with E-state index in [4.69, 9.17) is 39.0 Å². The van der Waals surface area contributed by atoms with Crippen molar-refractivity contribution in [3.05, 3.63) is 35.9 Å². The molecule has 0 saturated carbocycles. The number of ether oxygens (including phenoxy) is 6. The van der Waals surface area contributed by atoms with Gasteiger partial charge in [0.2, 0.25) is 0 Å². The van der Waals surface area contributed by atoms with Gasteiger partial charge in [-0.2, -0.15) is 0 Å². The molecule has 14 nitrogen and oxygen atoms in total. The predicted molar refractivity (Wildman–Crippen MR) is 206 cm³/mol. The number of rotatable bonds is 9. The highest BCUT2D eigenvalue weighted by molar-refractivity contribution is 5.87. The molecule has 3 fully saturated rings. The number of carbonyl (C=O) groups is 2. The third-order valence-corrected chi connectivity index (χ3v) is 12.0. The Kier molecular flexibility index (Phi) is 14.4. The maximum atomic E-state index is 14.4. The van der Waals surface area contributed by atoms with Gasteiger partial charge in [0.1, 0.15) is 36.4 Å². The van der Waals surface area contributed by atoms with Crippen LogP contribution >= 0.6 is 0 Å². The standard InChI is InChI=1S/C41H64N4O10/c1-10-32-41(7)36(43-39(42)55-41)27(5)34(46)24(2)21-40(6)33(54-38-35(47)30(45(8)9)19-25(3)52-38)20-31(26(4)37(48)53-32)49-22-29(23-50-40)44-51-18-14-17-28-15-12-11-13-16-28/h11-13,15-16,24-27,30-33,35-36,38,47H,10,14,17-23H2,1-9H3,(H2,42,43)/b44-29+/t24-,25-,26-,27+,30+,31-,32-,33-,35-,36?,38?,40+,41?/m1/s1. The molecule has 3 N–H and O–H groups in total. The second-order valence-corrected chi connectivity index (χ2v) is 16.6. The maximum Gasteiger partial charge on any atom is 0.311 e. The third kappa shape index (κ3) is 10.1. The molecule has 2 bridgehead atoms. The van der Waals surface area contributed by atoms with Crippen LogP contribution in [0.5, 0.6) is 0 Å². The first-order valence-corrected chi connectivity index (χ1v) is 19.9. The Balaban J connectivity index is 1.51. The summed E-state index contributed by atoms with van der Waals surface area (Å²) in [7, 11) is 3.83. The lowest BCUT2D eigenvalue weighted by molar-refractivity contribution is -0.294. The molecule has 13 atom stereocenters. The number of benzene rings is 1. The SMILES string of the molecule is CC[C@H]1OC(=O)[C@H](C)[C@H]2C[C@@H](OC3O[C@H](C)C[C@H](N(C)C)[C@H]3O)[C@](C)(C[C@@H](C)C(=O)[C@H](C)C3N=C(N)OC31C)OC/C(=N/OCCCc1ccccc1)CO2. The first kappa shape index (κ1) is 43.0. The Morgan fingerprint density at radius 1 is 1.05 bits per heavy atom. The summed E-state index contributed by atoms with van der Waals surface area (Å²) in [6.07, 6.45) is -1.54. The number of aliphatic imine (C=N–C) groups is 1. The number of aliphatic hydroxyl groups excluding tert-OH is 1. The van der Waals surface area contributed by atoms with Crippen LogP contribution in [0.25, 0.3) is 0 Å². The van der Waals surface area contributed by atoms with Crippen LogP contribution in [-0.4, -0.2) is 128 Å². The molecule has 308 valence electrons. The quantitative estimate of drug-likeness (QED) is 0.210. The topological polar surface area (TPSA) is 173 Å². The number of oxime groups is 1. The summed E-state index contributed by atoms with van der Waals surface area (Å²) in [4.78, 5) is 40.9. The highest BCUT2D eigenvalue weighted by Gasteiger charge is 2.55. The Morgan fingerprint density at radius 3 is 2.47 bits per heavy atom. The number of amidine groups is 1. The smallest absolute Gasteiger partial charge is 0.311 e. The van der Waals surface area contributed by atoms with Gasteiger partial charge in [-0.1, -0.05) is 56.3 Å². The molecular weight excluding hydrogens is 708 g/mol. The van der Waals surface area contributed by atoms with Crippen molar-refractivity contribution < 1.29 is 48.0 Å². The van der Waals surface area contributed by atoms with Gasteiger partial charge >= 0.3 is 5.97 Å². The van der Waals surface area contributed by atoms with E-state index >= 15 is 0 Å². The minimum Gasteiger partial charge on any atom is -0.458 e. The van der Waals surface area contributed by atoms with E-state index in [0.717, 1.165) is 12.8 Å². The van der Waals surface area contributed by atoms with Crippen LogP contribution in [0.3, 0.4) is 0 Å². The van der Waals surface area contributed by atoms with Crippen LogP contribution in [-0.2, 0) is 49.3 Å². The van der Waals surface area contributed by atoms with Crippen molar-refractivity contribution >= 4 is 23.5 Å². The van der Waals surface area contributed by atoms with Crippen LogP contribution in [0.4, 0.5) is 0 Å². The van der Waals surface area contributed by atoms with Gasteiger partial charge in [-0.15, -0.1) is 0 Å². The number of hydrogen-bond acceptors (Lipinski definition) is 14. The monoisotopic (exact) mass is 772 g/mol. The highest BCUT2D eigenvalue weighted by atomic mass is 16.7. The molecule has 4 aliphatic heterocycles. The van der Waals surface area contributed by atoms with Crippen molar-refractivity contribution in [2.75, 3.05) is 33.9 Å². The van der Waals surface area contributed by atoms with E-state index in [9.17, 15) is 14.7 Å². The number of nitrogens with two attached hydrogens (primary N) is 1. The fourth-order valence-corrected chi connectivity index (χ4v) is 8.60. The van der Waals surface area contributed by atoms with Crippen LogP contribution in [0.2, 0.25) is 0 Å². The van der Waals surface area contributed by atoms with Crippen molar-refractivity contribution in [3.63, 3.8) is 0 Å². The Labute approximate surface area is 326 Å². The summed E-state index contributed by atoms with van der Waals surface area (Å²) in [5, 5.41) is 16.0. The normalized spacial score (nSPS) is 39.9. The van der Waals surface area contributed by atoms with Crippen LogP contribution in [0.1, 0.15) is 86.1 Å². The first-order chi connectivity index (χ1) is 26.1. The molecule has 3 saturated heterocycles. The predicted octanol–water partition coefficient (Wildman–Crippen LogP) is 4.04. The number of likely N-dealkylation sites (N-methyl/N-ethyl adjacent to an activating group) is 1. The fourth-order valence-electron chi connectivity index (χ4n) is 8.60. The number of aryl methyl sites for hydroxylation is 1. The molecule has 1 aromatic rings. The number of ketones is 1. The lowest BCUT2D eigenvalue weighted by Crippen LogP contribution is -2.58. The maximum absolute atomic E-state index is 14.4. The number of fused-ring (bicyclic) bond motifs is 4. The Morgan fingerprint density at radius 2 is 1.78 bits per heavy atom. The zero-order chi connectivity index (χ0) is 40.1. The molecule has 5 rings (SSSR count). The average Bonchev–Trinajstić information content (AvgIpc) is 3.49. The summed E-state index contributed by atoms with van der Waals surface area (Å²) in [5.41, 5.74) is 5.50. The van der Waals surface area contributed by atoms with Gasteiger partial charge in [-0.05, 0) is 79.5 Å². The number of cyclic esters (lactones) is 1. The lowest BCUT2D eigenvalue weighted by Gasteiger charge is -2.46. The van der Waals surface area contributed by atoms with E-state index < -0.39 is 71.7 Å². The zero-order valence-electron chi connectivity index (χ0n) is 34.1. The van der Waals surface area contributed by atoms with Crippen molar-refractivity contribution in [3.8, 4) is 0 Å². The minimum atomic E-state index is -1.17. The Hall–Kier alpha value is -3.14. The molecule has 3 unspecified atom stereocenters. The van der Waals surface area contributed by atoms with Gasteiger partial charge < -0.3 is 49.0 Å². The van der Waals surface area contributed by atoms with Gasteiger partial charge in [0.15, 0.2) is 11.9 Å². The molecular formula is C41H64N4O10. The minimum absolute atomic E-state index is 0.00906. The van der Waals surface area contributed by atoms with Gasteiger partial charge in [0.25, 0.3) is 6.02 Å². The van der Waals surface area contributed by atoms with Crippen LogP contribution < -0.4 is 5.73 Å². The number of aliphatic hydroxyl groups is 1. The third-order valence-electron chi connectivity index (χ3n) is 12.0. The largest absolute Gasteiger partial charge is 0.458 e. The summed E-state index contributed by atoms with van der Waals surface area (Å²) in [5.74, 6) is -2.57. The second-order valence-electron chi connectivity index (χ2n) is 16.6.